The van der Waals surface area contributed by atoms with Crippen LogP contribution in [-0.2, 0) is 14.3 Å². The van der Waals surface area contributed by atoms with Gasteiger partial charge in [0.05, 0.1) is 42.0 Å². The van der Waals surface area contributed by atoms with E-state index in [1.54, 1.807) is 36.4 Å². The highest BCUT2D eigenvalue weighted by molar-refractivity contribution is 6.08. The Hall–Kier alpha value is -3.96. The molecular formula is C47H76N4O7. The lowest BCUT2D eigenvalue weighted by molar-refractivity contribution is -0.115. The van der Waals surface area contributed by atoms with E-state index in [9.17, 15) is 19.2 Å². The molecule has 0 aliphatic rings. The Bertz CT molecular complexity index is 1450. The third-order valence-electron chi connectivity index (χ3n) is 10.3. The SMILES string of the molecule is CCCCCCCCOCCC(OCCCCCCCC)C(CC)NC(=O)c1ccccc1C(=O)NCC(=O)Nc1ccc(OCCCCCCCC)c(C(N)=O)c1. The fourth-order valence-corrected chi connectivity index (χ4v) is 6.84. The molecule has 2 aromatic rings. The Morgan fingerprint density at radius 1 is 0.621 bits per heavy atom. The number of hydrogen-bond acceptors (Lipinski definition) is 7. The van der Waals surface area contributed by atoms with Crippen molar-refractivity contribution in [1.29, 1.82) is 0 Å². The molecule has 0 aromatic heterocycles. The molecule has 0 heterocycles. The molecular weight excluding hydrogens is 733 g/mol. The van der Waals surface area contributed by atoms with Gasteiger partial charge in [-0.15, -0.1) is 0 Å². The van der Waals surface area contributed by atoms with Crippen LogP contribution >= 0.6 is 0 Å². The van der Waals surface area contributed by atoms with Gasteiger partial charge in [0.15, 0.2) is 0 Å². The summed E-state index contributed by atoms with van der Waals surface area (Å²) in [5, 5.41) is 8.47. The standard InChI is InChI=1S/C47H76N4O7/c1-5-9-12-15-18-23-31-56-34-30-43(58-33-25-20-17-14-11-7-3)41(8-4)51-47(55)39-27-22-21-26-38(39)46(54)49-36-44(52)50-37-28-29-42(40(35-37)45(48)53)57-32-24-19-16-13-10-6-2/h21-22,26-29,35,41,43H,5-20,23-25,30-34,36H2,1-4H3,(H2,48,53)(H,49,54)(H,50,52)(H,51,55). The quantitative estimate of drug-likeness (QED) is 0.0505. The highest BCUT2D eigenvalue weighted by Crippen LogP contribution is 2.23. The summed E-state index contributed by atoms with van der Waals surface area (Å²) in [4.78, 5) is 52.2. The summed E-state index contributed by atoms with van der Waals surface area (Å²) in [5.41, 5.74) is 6.48. The maximum atomic E-state index is 13.8. The molecule has 2 rings (SSSR count). The molecule has 0 saturated carbocycles. The Morgan fingerprint density at radius 3 is 1.76 bits per heavy atom. The number of nitrogens with two attached hydrogens (primary N) is 1. The highest BCUT2D eigenvalue weighted by atomic mass is 16.5. The average molecular weight is 809 g/mol. The lowest BCUT2D eigenvalue weighted by atomic mass is 10.0. The largest absolute Gasteiger partial charge is 0.493 e. The summed E-state index contributed by atoms with van der Waals surface area (Å²) in [6, 6.07) is 11.0. The van der Waals surface area contributed by atoms with Crippen LogP contribution in [0.15, 0.2) is 42.5 Å². The summed E-state index contributed by atoms with van der Waals surface area (Å²) in [6.45, 7) is 10.6. The molecule has 2 aromatic carbocycles. The fraction of sp³-hybridized carbons (Fsp3) is 0.660. The van der Waals surface area contributed by atoms with Crippen LogP contribution in [0.5, 0.6) is 5.75 Å². The molecule has 0 radical (unpaired) electrons. The van der Waals surface area contributed by atoms with Crippen LogP contribution in [0.2, 0.25) is 0 Å². The highest BCUT2D eigenvalue weighted by Gasteiger charge is 2.25. The minimum Gasteiger partial charge on any atom is -0.493 e. The lowest BCUT2D eigenvalue weighted by Gasteiger charge is -2.28. The van der Waals surface area contributed by atoms with Gasteiger partial charge in [0.1, 0.15) is 5.75 Å². The summed E-state index contributed by atoms with van der Waals surface area (Å²) < 4.78 is 18.3. The molecule has 0 saturated heterocycles. The van der Waals surface area contributed by atoms with Crippen molar-refractivity contribution in [3.8, 4) is 5.75 Å². The number of nitrogens with one attached hydrogen (secondary N) is 3. The van der Waals surface area contributed by atoms with Crippen molar-refractivity contribution in [3.05, 3.63) is 59.2 Å². The average Bonchev–Trinajstić information content (AvgIpc) is 3.23. The first-order chi connectivity index (χ1) is 28.2. The normalized spacial score (nSPS) is 12.1. The van der Waals surface area contributed by atoms with Gasteiger partial charge >= 0.3 is 0 Å². The van der Waals surface area contributed by atoms with Crippen molar-refractivity contribution in [1.82, 2.24) is 10.6 Å². The van der Waals surface area contributed by atoms with Gasteiger partial charge < -0.3 is 35.9 Å². The Labute approximate surface area is 349 Å². The first kappa shape index (κ1) is 50.2. The van der Waals surface area contributed by atoms with Gasteiger partial charge in [-0.05, 0) is 62.4 Å². The number of hydrogen-bond donors (Lipinski definition) is 4. The monoisotopic (exact) mass is 809 g/mol. The molecule has 0 bridgehead atoms. The van der Waals surface area contributed by atoms with Crippen LogP contribution in [0, 0.1) is 0 Å². The van der Waals surface area contributed by atoms with Crippen LogP contribution in [0.25, 0.3) is 0 Å². The van der Waals surface area contributed by atoms with Crippen molar-refractivity contribution in [2.24, 2.45) is 5.73 Å². The van der Waals surface area contributed by atoms with Crippen molar-refractivity contribution < 1.29 is 33.4 Å². The van der Waals surface area contributed by atoms with E-state index >= 15 is 0 Å². The molecule has 58 heavy (non-hydrogen) atoms. The number of ether oxygens (including phenoxy) is 3. The number of unbranched alkanes of at least 4 members (excludes halogenated alkanes) is 15. The van der Waals surface area contributed by atoms with Gasteiger partial charge in [0.25, 0.3) is 17.7 Å². The smallest absolute Gasteiger partial charge is 0.252 e. The van der Waals surface area contributed by atoms with Gasteiger partial charge in [-0.25, -0.2) is 0 Å². The molecule has 326 valence electrons. The van der Waals surface area contributed by atoms with Gasteiger partial charge in [0, 0.05) is 25.5 Å². The van der Waals surface area contributed by atoms with E-state index in [1.807, 2.05) is 6.92 Å². The Kier molecular flexibility index (Phi) is 27.7. The van der Waals surface area contributed by atoms with Gasteiger partial charge in [-0.3, -0.25) is 19.2 Å². The topological polar surface area (TPSA) is 158 Å². The first-order valence-electron chi connectivity index (χ1n) is 22.5. The van der Waals surface area contributed by atoms with Crippen LogP contribution in [0.3, 0.4) is 0 Å². The lowest BCUT2D eigenvalue weighted by Crippen LogP contribution is -2.45. The molecule has 11 heteroatoms. The van der Waals surface area contributed by atoms with Gasteiger partial charge in [-0.1, -0.05) is 136 Å². The minimum absolute atomic E-state index is 0.150. The third-order valence-corrected chi connectivity index (χ3v) is 10.3. The Morgan fingerprint density at radius 2 is 1.17 bits per heavy atom. The molecule has 2 unspecified atom stereocenters. The van der Waals surface area contributed by atoms with Gasteiger partial charge in [0.2, 0.25) is 5.91 Å². The van der Waals surface area contributed by atoms with Crippen molar-refractivity contribution in [3.63, 3.8) is 0 Å². The number of carbonyl (C=O) groups is 4. The van der Waals surface area contributed by atoms with E-state index in [2.05, 4.69) is 36.7 Å². The van der Waals surface area contributed by atoms with Crippen molar-refractivity contribution in [2.45, 2.75) is 168 Å². The van der Waals surface area contributed by atoms with Gasteiger partial charge in [-0.2, -0.15) is 0 Å². The zero-order chi connectivity index (χ0) is 42.2. The number of benzene rings is 2. The maximum absolute atomic E-state index is 13.8. The zero-order valence-electron chi connectivity index (χ0n) is 36.3. The summed E-state index contributed by atoms with van der Waals surface area (Å²) >= 11 is 0. The molecule has 0 spiro atoms. The number of carbonyl (C=O) groups excluding carboxylic acids is 4. The fourth-order valence-electron chi connectivity index (χ4n) is 6.84. The second kappa shape index (κ2) is 32.0. The second-order valence-electron chi connectivity index (χ2n) is 15.3. The predicted molar refractivity (Wildman–Crippen MR) is 235 cm³/mol. The second-order valence-corrected chi connectivity index (χ2v) is 15.3. The third kappa shape index (κ3) is 21.2. The summed E-state index contributed by atoms with van der Waals surface area (Å²) in [7, 11) is 0. The molecule has 4 amide bonds. The van der Waals surface area contributed by atoms with E-state index < -0.39 is 17.7 Å². The molecule has 0 fully saturated rings. The van der Waals surface area contributed by atoms with Crippen LogP contribution in [-0.4, -0.2) is 68.7 Å². The molecule has 0 aliphatic heterocycles. The van der Waals surface area contributed by atoms with E-state index in [-0.39, 0.29) is 41.3 Å². The molecule has 0 aliphatic carbocycles. The van der Waals surface area contributed by atoms with Crippen molar-refractivity contribution in [2.75, 3.05) is 38.3 Å². The van der Waals surface area contributed by atoms with Crippen LogP contribution < -0.4 is 26.4 Å². The van der Waals surface area contributed by atoms with E-state index in [0.29, 0.717) is 44.1 Å². The molecule has 11 nitrogen and oxygen atoms in total. The van der Waals surface area contributed by atoms with E-state index in [4.69, 9.17) is 19.9 Å². The summed E-state index contributed by atoms with van der Waals surface area (Å²) in [6.07, 6.45) is 21.9. The van der Waals surface area contributed by atoms with Crippen LogP contribution in [0.4, 0.5) is 5.69 Å². The number of amides is 4. The van der Waals surface area contributed by atoms with E-state index in [1.165, 1.54) is 83.1 Å². The number of rotatable bonds is 35. The molecule has 5 N–H and O–H groups in total. The molecule has 2 atom stereocenters. The zero-order valence-corrected chi connectivity index (χ0v) is 36.3. The number of anilines is 1. The first-order valence-corrected chi connectivity index (χ1v) is 22.5. The predicted octanol–water partition coefficient (Wildman–Crippen LogP) is 9.91. The number of primary amides is 1. The maximum Gasteiger partial charge on any atom is 0.252 e. The van der Waals surface area contributed by atoms with Crippen molar-refractivity contribution >= 4 is 29.3 Å². The minimum atomic E-state index is -0.671. The summed E-state index contributed by atoms with van der Waals surface area (Å²) in [5.74, 6) is -1.78. The van der Waals surface area contributed by atoms with E-state index in [0.717, 1.165) is 45.1 Å². The van der Waals surface area contributed by atoms with Crippen LogP contribution in [0.1, 0.15) is 187 Å². The Balaban J connectivity index is 1.99.